The van der Waals surface area contributed by atoms with Crippen LogP contribution in [0.5, 0.6) is 0 Å². The first-order valence-corrected chi connectivity index (χ1v) is 6.54. The highest BCUT2D eigenvalue weighted by atomic mass is 16.4. The number of nitrogens with zero attached hydrogens (tertiary/aromatic N) is 3. The van der Waals surface area contributed by atoms with Gasteiger partial charge in [-0.15, -0.1) is 0 Å². The van der Waals surface area contributed by atoms with Crippen LogP contribution in [0, 0.1) is 0 Å². The molecule has 0 saturated carbocycles. The number of piperazine rings is 1. The van der Waals surface area contributed by atoms with Crippen molar-refractivity contribution in [2.75, 3.05) is 39.8 Å². The quantitative estimate of drug-likeness (QED) is 0.770. The number of amides is 2. The molecule has 6 heteroatoms. The fraction of sp³-hybridized carbons (Fsp3) is 0.833. The Morgan fingerprint density at radius 1 is 1.28 bits per heavy atom. The molecule has 1 atom stereocenters. The topological polar surface area (TPSA) is 64.1 Å². The Morgan fingerprint density at radius 3 is 2.78 bits per heavy atom. The van der Waals surface area contributed by atoms with Crippen molar-refractivity contribution in [3.63, 3.8) is 0 Å². The zero-order chi connectivity index (χ0) is 13.1. The van der Waals surface area contributed by atoms with Gasteiger partial charge in [0, 0.05) is 32.7 Å². The van der Waals surface area contributed by atoms with Gasteiger partial charge in [-0.1, -0.05) is 6.42 Å². The lowest BCUT2D eigenvalue weighted by Gasteiger charge is -2.44. The number of carbonyl (C=O) groups is 2. The minimum Gasteiger partial charge on any atom is -0.480 e. The number of urea groups is 1. The molecule has 1 unspecified atom stereocenters. The summed E-state index contributed by atoms with van der Waals surface area (Å²) < 4.78 is 0. The first kappa shape index (κ1) is 13.1. The Bertz CT molecular complexity index is 335. The first-order chi connectivity index (χ1) is 8.58. The maximum atomic E-state index is 12.1. The van der Waals surface area contributed by atoms with Gasteiger partial charge in [0.1, 0.15) is 6.54 Å². The number of piperidine rings is 1. The van der Waals surface area contributed by atoms with Crippen LogP contribution in [0.3, 0.4) is 0 Å². The highest BCUT2D eigenvalue weighted by Crippen LogP contribution is 2.21. The van der Waals surface area contributed by atoms with Crippen LogP contribution in [0.1, 0.15) is 19.3 Å². The highest BCUT2D eigenvalue weighted by Gasteiger charge is 2.32. The van der Waals surface area contributed by atoms with Crippen molar-refractivity contribution in [2.45, 2.75) is 25.3 Å². The summed E-state index contributed by atoms with van der Waals surface area (Å²) in [5.41, 5.74) is 0. The molecule has 0 spiro atoms. The number of likely N-dealkylation sites (N-methyl/N-ethyl adjacent to an activating group) is 1. The molecular weight excluding hydrogens is 234 g/mol. The van der Waals surface area contributed by atoms with E-state index < -0.39 is 5.97 Å². The molecule has 2 fully saturated rings. The smallest absolute Gasteiger partial charge is 0.323 e. The third kappa shape index (κ3) is 2.93. The van der Waals surface area contributed by atoms with E-state index in [2.05, 4.69) is 4.90 Å². The van der Waals surface area contributed by atoms with Gasteiger partial charge in [0.05, 0.1) is 0 Å². The summed E-state index contributed by atoms with van der Waals surface area (Å²) in [4.78, 5) is 28.2. The normalized spacial score (nSPS) is 24.5. The third-order valence-corrected chi connectivity index (χ3v) is 3.81. The van der Waals surface area contributed by atoms with Gasteiger partial charge < -0.3 is 14.9 Å². The maximum absolute atomic E-state index is 12.1. The molecular formula is C12H21N3O3. The van der Waals surface area contributed by atoms with Crippen molar-refractivity contribution in [1.29, 1.82) is 0 Å². The molecule has 102 valence electrons. The predicted octanol–water partition coefficient (Wildman–Crippen LogP) is 0.293. The summed E-state index contributed by atoms with van der Waals surface area (Å²) in [6, 6.07) is 0.303. The highest BCUT2D eigenvalue weighted by molar-refractivity contribution is 5.80. The summed E-state index contributed by atoms with van der Waals surface area (Å²) in [6.45, 7) is 3.26. The van der Waals surface area contributed by atoms with Crippen LogP contribution >= 0.6 is 0 Å². The Balaban J connectivity index is 1.89. The third-order valence-electron chi connectivity index (χ3n) is 3.81. The zero-order valence-corrected chi connectivity index (χ0v) is 10.8. The standard InChI is InChI=1S/C12H21N3O3/c1-13(9-11(16)17)12(18)15-7-6-14-5-3-2-4-10(14)8-15/h10H,2-9H2,1H3,(H,16,17). The minimum atomic E-state index is -0.970. The maximum Gasteiger partial charge on any atom is 0.323 e. The largest absolute Gasteiger partial charge is 0.480 e. The molecule has 2 aliphatic rings. The fourth-order valence-electron chi connectivity index (χ4n) is 2.84. The number of carbonyl (C=O) groups excluding carboxylic acids is 1. The molecule has 1 N–H and O–H groups in total. The van der Waals surface area contributed by atoms with Crippen LogP contribution in [0.25, 0.3) is 0 Å². The van der Waals surface area contributed by atoms with Gasteiger partial charge in [0.2, 0.25) is 0 Å². The first-order valence-electron chi connectivity index (χ1n) is 6.54. The Labute approximate surface area is 107 Å². The van der Waals surface area contributed by atoms with Crippen LogP contribution in [-0.2, 0) is 4.79 Å². The Morgan fingerprint density at radius 2 is 2.06 bits per heavy atom. The van der Waals surface area contributed by atoms with Crippen LogP contribution in [0.4, 0.5) is 4.79 Å². The fourth-order valence-corrected chi connectivity index (χ4v) is 2.84. The average molecular weight is 255 g/mol. The molecule has 2 saturated heterocycles. The molecule has 0 aromatic heterocycles. The van der Waals surface area contributed by atoms with Crippen LogP contribution in [0.15, 0.2) is 0 Å². The molecule has 0 aliphatic carbocycles. The average Bonchev–Trinajstić information content (AvgIpc) is 2.36. The van der Waals surface area contributed by atoms with Crippen molar-refractivity contribution < 1.29 is 14.7 Å². The van der Waals surface area contributed by atoms with Crippen molar-refractivity contribution in [3.05, 3.63) is 0 Å². The number of hydrogen-bond acceptors (Lipinski definition) is 3. The second kappa shape index (κ2) is 5.56. The van der Waals surface area contributed by atoms with Crippen LogP contribution < -0.4 is 0 Å². The van der Waals surface area contributed by atoms with Gasteiger partial charge in [-0.3, -0.25) is 9.69 Å². The van der Waals surface area contributed by atoms with Crippen LogP contribution in [-0.4, -0.2) is 77.6 Å². The second-order valence-electron chi connectivity index (χ2n) is 5.16. The van der Waals surface area contributed by atoms with Gasteiger partial charge in [0.25, 0.3) is 0 Å². The van der Waals surface area contributed by atoms with E-state index in [9.17, 15) is 9.59 Å². The van der Waals surface area contributed by atoms with Gasteiger partial charge in [-0.25, -0.2) is 4.79 Å². The molecule has 2 heterocycles. The summed E-state index contributed by atoms with van der Waals surface area (Å²) in [7, 11) is 1.55. The predicted molar refractivity (Wildman–Crippen MR) is 66.4 cm³/mol. The lowest BCUT2D eigenvalue weighted by Crippen LogP contribution is -2.58. The molecule has 2 rings (SSSR count). The van der Waals surface area contributed by atoms with Crippen molar-refractivity contribution in [3.8, 4) is 0 Å². The zero-order valence-electron chi connectivity index (χ0n) is 10.8. The van der Waals surface area contributed by atoms with E-state index in [0.717, 1.165) is 26.1 Å². The number of hydrogen-bond donors (Lipinski definition) is 1. The van der Waals surface area contributed by atoms with Crippen molar-refractivity contribution >= 4 is 12.0 Å². The van der Waals surface area contributed by atoms with E-state index in [1.54, 1.807) is 11.9 Å². The second-order valence-corrected chi connectivity index (χ2v) is 5.16. The molecule has 0 radical (unpaired) electrons. The molecule has 0 bridgehead atoms. The van der Waals surface area contributed by atoms with E-state index >= 15 is 0 Å². The number of carboxylic acids is 1. The lowest BCUT2D eigenvalue weighted by atomic mass is 10.00. The van der Waals surface area contributed by atoms with Gasteiger partial charge in [0.15, 0.2) is 0 Å². The van der Waals surface area contributed by atoms with E-state index in [-0.39, 0.29) is 12.6 Å². The molecule has 18 heavy (non-hydrogen) atoms. The summed E-state index contributed by atoms with van der Waals surface area (Å²) in [5.74, 6) is -0.970. The Hall–Kier alpha value is -1.30. The van der Waals surface area contributed by atoms with Gasteiger partial charge >= 0.3 is 12.0 Å². The van der Waals surface area contributed by atoms with Crippen molar-refractivity contribution in [2.24, 2.45) is 0 Å². The van der Waals surface area contributed by atoms with Gasteiger partial charge in [-0.05, 0) is 19.4 Å². The molecule has 2 amide bonds. The van der Waals surface area contributed by atoms with E-state index in [0.29, 0.717) is 12.6 Å². The Kier molecular flexibility index (Phi) is 4.06. The summed E-state index contributed by atoms with van der Waals surface area (Å²) in [6.07, 6.45) is 3.63. The van der Waals surface area contributed by atoms with E-state index in [1.807, 2.05) is 0 Å². The monoisotopic (exact) mass is 255 g/mol. The lowest BCUT2D eigenvalue weighted by molar-refractivity contribution is -0.137. The molecule has 0 aromatic carbocycles. The summed E-state index contributed by atoms with van der Waals surface area (Å²) >= 11 is 0. The number of fused-ring (bicyclic) bond motifs is 1. The minimum absolute atomic E-state index is 0.164. The number of rotatable bonds is 2. The van der Waals surface area contributed by atoms with Gasteiger partial charge in [-0.2, -0.15) is 0 Å². The van der Waals surface area contributed by atoms with Crippen molar-refractivity contribution in [1.82, 2.24) is 14.7 Å². The van der Waals surface area contributed by atoms with E-state index in [1.165, 1.54) is 17.7 Å². The molecule has 2 aliphatic heterocycles. The number of carboxylic acid groups (broad SMARTS) is 1. The van der Waals surface area contributed by atoms with E-state index in [4.69, 9.17) is 5.11 Å². The molecule has 0 aromatic rings. The van der Waals surface area contributed by atoms with Crippen LogP contribution in [0.2, 0.25) is 0 Å². The number of aliphatic carboxylic acids is 1. The SMILES string of the molecule is CN(CC(=O)O)C(=O)N1CCN2CCCCC2C1. The summed E-state index contributed by atoms with van der Waals surface area (Å²) in [5, 5.41) is 8.70. The molecule has 6 nitrogen and oxygen atoms in total.